The number of carbonyl (C=O) groups excluding carboxylic acids is 1. The molecule has 1 atom stereocenters. The van der Waals surface area contributed by atoms with Gasteiger partial charge in [-0.25, -0.2) is 4.79 Å². The van der Waals surface area contributed by atoms with Crippen LogP contribution in [0.3, 0.4) is 0 Å². The molecule has 2 aromatic carbocycles. The number of hydrogen-bond acceptors (Lipinski definition) is 6. The maximum absolute atomic E-state index is 12.7. The van der Waals surface area contributed by atoms with Crippen LogP contribution >= 0.6 is 0 Å². The number of nitrogens with two attached hydrogens (primary N) is 1. The highest BCUT2D eigenvalue weighted by Crippen LogP contribution is 2.29. The second-order valence-corrected chi connectivity index (χ2v) is 7.16. The van der Waals surface area contributed by atoms with E-state index in [9.17, 15) is 14.4 Å². The Morgan fingerprint density at radius 1 is 1.19 bits per heavy atom. The van der Waals surface area contributed by atoms with Gasteiger partial charge in [0.05, 0.1) is 7.11 Å². The number of anilines is 1. The monoisotopic (exact) mass is 424 g/mol. The predicted molar refractivity (Wildman–Crippen MR) is 117 cm³/mol. The summed E-state index contributed by atoms with van der Waals surface area (Å²) in [5.74, 6) is -1.05. The van der Waals surface area contributed by atoms with Gasteiger partial charge in [-0.1, -0.05) is 25.5 Å². The standard InChI is InChI=1S/C23H24N2O6/c1-3-4-16-19(30-2)10-7-14-12-17(23(29)31-20(14)16)21(26)25-15-8-5-13(6-9-15)11-18(24)22(27)28/h5-10,12,18H,3-4,11,24H2,1-2H3,(H,25,26)(H,27,28)/t18-/m1/s1. The Bertz CT molecular complexity index is 1170. The molecule has 1 amide bonds. The lowest BCUT2D eigenvalue weighted by Gasteiger charge is -2.11. The van der Waals surface area contributed by atoms with Crippen LogP contribution in [0.2, 0.25) is 0 Å². The molecule has 0 aliphatic rings. The number of benzene rings is 2. The summed E-state index contributed by atoms with van der Waals surface area (Å²) in [5.41, 5.74) is 7.07. The van der Waals surface area contributed by atoms with E-state index in [-0.39, 0.29) is 12.0 Å². The Balaban J connectivity index is 1.85. The summed E-state index contributed by atoms with van der Waals surface area (Å²) in [7, 11) is 1.56. The van der Waals surface area contributed by atoms with Crippen molar-refractivity contribution in [2.24, 2.45) is 5.73 Å². The van der Waals surface area contributed by atoms with E-state index in [1.807, 2.05) is 6.92 Å². The summed E-state index contributed by atoms with van der Waals surface area (Å²) in [6, 6.07) is 10.6. The summed E-state index contributed by atoms with van der Waals surface area (Å²) < 4.78 is 10.9. The van der Waals surface area contributed by atoms with E-state index in [4.69, 9.17) is 20.0 Å². The maximum Gasteiger partial charge on any atom is 0.349 e. The first-order valence-electron chi connectivity index (χ1n) is 9.86. The van der Waals surface area contributed by atoms with E-state index in [0.717, 1.165) is 17.5 Å². The predicted octanol–water partition coefficient (Wildman–Crippen LogP) is 2.96. The molecule has 3 rings (SSSR count). The molecule has 1 aromatic heterocycles. The molecule has 1 heterocycles. The van der Waals surface area contributed by atoms with Crippen LogP contribution in [0.15, 0.2) is 51.7 Å². The van der Waals surface area contributed by atoms with E-state index in [1.165, 1.54) is 6.07 Å². The average molecular weight is 424 g/mol. The zero-order valence-electron chi connectivity index (χ0n) is 17.3. The van der Waals surface area contributed by atoms with Crippen molar-refractivity contribution >= 4 is 28.5 Å². The molecule has 0 saturated heterocycles. The van der Waals surface area contributed by atoms with E-state index in [2.05, 4.69) is 5.32 Å². The lowest BCUT2D eigenvalue weighted by Crippen LogP contribution is -2.32. The van der Waals surface area contributed by atoms with Gasteiger partial charge in [-0.2, -0.15) is 0 Å². The summed E-state index contributed by atoms with van der Waals surface area (Å²) >= 11 is 0. The van der Waals surface area contributed by atoms with Crippen molar-refractivity contribution in [3.63, 3.8) is 0 Å². The van der Waals surface area contributed by atoms with Gasteiger partial charge in [0.15, 0.2) is 0 Å². The fourth-order valence-electron chi connectivity index (χ4n) is 3.32. The van der Waals surface area contributed by atoms with Crippen molar-refractivity contribution in [3.05, 3.63) is 69.6 Å². The molecular formula is C23H24N2O6. The molecular weight excluding hydrogens is 400 g/mol. The van der Waals surface area contributed by atoms with Crippen LogP contribution in [0.4, 0.5) is 5.69 Å². The van der Waals surface area contributed by atoms with Gasteiger partial charge < -0.3 is 25.3 Å². The van der Waals surface area contributed by atoms with Crippen molar-refractivity contribution in [2.75, 3.05) is 12.4 Å². The smallest absolute Gasteiger partial charge is 0.349 e. The zero-order valence-corrected chi connectivity index (χ0v) is 17.3. The zero-order chi connectivity index (χ0) is 22.5. The second-order valence-electron chi connectivity index (χ2n) is 7.16. The van der Waals surface area contributed by atoms with E-state index in [1.54, 1.807) is 43.5 Å². The Morgan fingerprint density at radius 2 is 1.90 bits per heavy atom. The molecule has 0 radical (unpaired) electrons. The minimum Gasteiger partial charge on any atom is -0.496 e. The van der Waals surface area contributed by atoms with Gasteiger partial charge in [-0.3, -0.25) is 9.59 Å². The number of aryl methyl sites for hydroxylation is 1. The van der Waals surface area contributed by atoms with Gasteiger partial charge in [0.2, 0.25) is 0 Å². The second kappa shape index (κ2) is 9.44. The largest absolute Gasteiger partial charge is 0.496 e. The van der Waals surface area contributed by atoms with Crippen LogP contribution < -0.4 is 21.4 Å². The highest BCUT2D eigenvalue weighted by Gasteiger charge is 2.18. The molecule has 0 fully saturated rings. The van der Waals surface area contributed by atoms with E-state index in [0.29, 0.717) is 28.8 Å². The lowest BCUT2D eigenvalue weighted by molar-refractivity contribution is -0.138. The number of aliphatic carboxylic acids is 1. The van der Waals surface area contributed by atoms with Crippen molar-refractivity contribution in [1.82, 2.24) is 0 Å². The van der Waals surface area contributed by atoms with Crippen LogP contribution in [-0.2, 0) is 17.6 Å². The number of amides is 1. The molecule has 0 unspecified atom stereocenters. The number of carboxylic acid groups (broad SMARTS) is 1. The number of hydrogen-bond donors (Lipinski definition) is 3. The van der Waals surface area contributed by atoms with Gasteiger partial charge in [0.1, 0.15) is 22.9 Å². The van der Waals surface area contributed by atoms with Crippen molar-refractivity contribution in [1.29, 1.82) is 0 Å². The number of carboxylic acids is 1. The average Bonchev–Trinajstić information content (AvgIpc) is 2.75. The van der Waals surface area contributed by atoms with Gasteiger partial charge in [0.25, 0.3) is 5.91 Å². The first-order chi connectivity index (χ1) is 14.8. The normalized spacial score (nSPS) is 11.8. The van der Waals surface area contributed by atoms with Gasteiger partial charge >= 0.3 is 11.6 Å². The lowest BCUT2D eigenvalue weighted by atomic mass is 10.0. The molecule has 4 N–H and O–H groups in total. The number of fused-ring (bicyclic) bond motifs is 1. The van der Waals surface area contributed by atoms with Gasteiger partial charge in [-0.15, -0.1) is 0 Å². The van der Waals surface area contributed by atoms with Crippen LogP contribution in [-0.4, -0.2) is 30.1 Å². The van der Waals surface area contributed by atoms with Gasteiger partial charge in [0, 0.05) is 16.6 Å². The highest BCUT2D eigenvalue weighted by molar-refractivity contribution is 6.05. The van der Waals surface area contributed by atoms with Crippen molar-refractivity contribution < 1.29 is 23.8 Å². The highest BCUT2D eigenvalue weighted by atomic mass is 16.5. The molecule has 8 heteroatoms. The van der Waals surface area contributed by atoms with Crippen LogP contribution in [0.5, 0.6) is 5.75 Å². The summed E-state index contributed by atoms with van der Waals surface area (Å²) in [6.45, 7) is 2.01. The van der Waals surface area contributed by atoms with Crippen molar-refractivity contribution in [2.45, 2.75) is 32.2 Å². The Hall–Kier alpha value is -3.65. The Kier molecular flexibility index (Phi) is 6.71. The molecule has 0 aliphatic carbocycles. The molecule has 162 valence electrons. The van der Waals surface area contributed by atoms with Crippen LogP contribution in [0.1, 0.15) is 34.8 Å². The topological polar surface area (TPSA) is 132 Å². The Morgan fingerprint density at radius 3 is 2.52 bits per heavy atom. The molecule has 0 saturated carbocycles. The third-order valence-electron chi connectivity index (χ3n) is 4.91. The minimum absolute atomic E-state index is 0.114. The first kappa shape index (κ1) is 22.0. The fraction of sp³-hybridized carbons (Fsp3) is 0.261. The van der Waals surface area contributed by atoms with E-state index < -0.39 is 23.5 Å². The minimum atomic E-state index is -1.08. The number of ether oxygens (including phenoxy) is 1. The fourth-order valence-corrected chi connectivity index (χ4v) is 3.32. The number of carbonyl (C=O) groups is 2. The number of methoxy groups -OCH3 is 1. The third-order valence-corrected chi connectivity index (χ3v) is 4.91. The summed E-state index contributed by atoms with van der Waals surface area (Å²) in [5, 5.41) is 12.2. The first-order valence-corrected chi connectivity index (χ1v) is 9.86. The quantitative estimate of drug-likeness (QED) is 0.474. The SMILES string of the molecule is CCCc1c(OC)ccc2cc(C(=O)Nc3ccc(C[C@@H](N)C(=O)O)cc3)c(=O)oc12. The number of nitrogens with one attached hydrogen (secondary N) is 1. The van der Waals surface area contributed by atoms with Crippen LogP contribution in [0.25, 0.3) is 11.0 Å². The summed E-state index contributed by atoms with van der Waals surface area (Å²) in [4.78, 5) is 36.1. The number of rotatable bonds is 8. The molecule has 0 spiro atoms. The molecule has 8 nitrogen and oxygen atoms in total. The van der Waals surface area contributed by atoms with Crippen molar-refractivity contribution in [3.8, 4) is 5.75 Å². The third kappa shape index (κ3) is 4.92. The molecule has 3 aromatic rings. The summed E-state index contributed by atoms with van der Waals surface area (Å²) in [6.07, 6.45) is 1.68. The Labute approximate surface area is 178 Å². The molecule has 0 bridgehead atoms. The maximum atomic E-state index is 12.7. The molecule has 0 aliphatic heterocycles. The van der Waals surface area contributed by atoms with E-state index >= 15 is 0 Å². The van der Waals surface area contributed by atoms with Gasteiger partial charge in [-0.05, 0) is 48.7 Å². The molecule has 31 heavy (non-hydrogen) atoms. The van der Waals surface area contributed by atoms with Crippen LogP contribution in [0, 0.1) is 0 Å².